The number of benzene rings is 4. The van der Waals surface area contributed by atoms with Crippen LogP contribution in [-0.2, 0) is 77.2 Å². The summed E-state index contributed by atoms with van der Waals surface area (Å²) in [5.74, 6) is 0. The number of ether oxygens (including phenoxy) is 13. The molecule has 0 fully saturated rings. The topological polar surface area (TPSA) is 186 Å². The van der Waals surface area contributed by atoms with E-state index in [1.54, 1.807) is 12.1 Å². The third kappa shape index (κ3) is 15.7. The van der Waals surface area contributed by atoms with Crippen LogP contribution in [0.5, 0.6) is 0 Å². The molecule has 0 aliphatic heterocycles. The van der Waals surface area contributed by atoms with Crippen molar-refractivity contribution in [3.8, 4) is 0 Å². The van der Waals surface area contributed by atoms with Crippen LogP contribution >= 0.6 is 0 Å². The van der Waals surface area contributed by atoms with Gasteiger partial charge in [-0.3, -0.25) is 0 Å². The molecule has 360 valence electrons. The lowest BCUT2D eigenvalue weighted by Crippen LogP contribution is -2.61. The Balaban J connectivity index is 1.87. The maximum absolute atomic E-state index is 14.0. The van der Waals surface area contributed by atoms with E-state index in [2.05, 4.69) is 4.72 Å². The van der Waals surface area contributed by atoms with Crippen molar-refractivity contribution in [2.75, 3.05) is 96.6 Å². The van der Waals surface area contributed by atoms with Crippen molar-refractivity contribution in [1.29, 1.82) is 0 Å². The molecular weight excluding hydrogens is 867 g/mol. The van der Waals surface area contributed by atoms with Crippen LogP contribution in [0.15, 0.2) is 120 Å². The van der Waals surface area contributed by atoms with E-state index < -0.39 is 58.3 Å². The first-order valence-electron chi connectivity index (χ1n) is 20.8. The Morgan fingerprint density at radius 3 is 1.35 bits per heavy atom. The third-order valence-electron chi connectivity index (χ3n) is 10.1. The molecule has 0 aromatic heterocycles. The molecule has 2 N–H and O–H groups in total. The van der Waals surface area contributed by atoms with Gasteiger partial charge in [-0.2, -0.15) is 0 Å². The maximum Gasteiger partial charge on any atom is 0.240 e. The smallest absolute Gasteiger partial charge is 0.240 e. The van der Waals surface area contributed by atoms with E-state index in [0.717, 1.165) is 22.3 Å². The van der Waals surface area contributed by atoms with Crippen LogP contribution in [0, 0.1) is 6.92 Å². The monoisotopic (exact) mass is 931 g/mol. The zero-order valence-corrected chi connectivity index (χ0v) is 39.0. The molecular formula is C47H65NO16S. The summed E-state index contributed by atoms with van der Waals surface area (Å²) in [7, 11) is 4.28. The second-order valence-corrected chi connectivity index (χ2v) is 16.4. The lowest BCUT2D eigenvalue weighted by atomic mass is 9.80. The lowest BCUT2D eigenvalue weighted by molar-refractivity contribution is -0.263. The molecule has 0 heterocycles. The van der Waals surface area contributed by atoms with Crippen molar-refractivity contribution < 1.29 is 75.1 Å². The van der Waals surface area contributed by atoms with Gasteiger partial charge in [0, 0.05) is 42.7 Å². The van der Waals surface area contributed by atoms with Gasteiger partial charge >= 0.3 is 0 Å². The Morgan fingerprint density at radius 1 is 0.508 bits per heavy atom. The minimum absolute atomic E-state index is 0.0229. The first-order valence-corrected chi connectivity index (χ1v) is 22.3. The summed E-state index contributed by atoms with van der Waals surface area (Å²) in [5, 5.41) is 12.8. The Bertz CT molecular complexity index is 1850. The van der Waals surface area contributed by atoms with Crippen LogP contribution in [0.2, 0.25) is 0 Å². The first kappa shape index (κ1) is 53.8. The molecule has 0 saturated heterocycles. The van der Waals surface area contributed by atoms with E-state index in [1.165, 1.54) is 54.8 Å². The standard InChI is InChI=1S/C47H65NO16S/c1-35-23-25-39(26-24-35)65(50,51)48-40(27-58-29-52-2)43(60-31-54-4)45(62-33-56-6)42(49)46(63-34-57-7)44(61-32-55-5)41(59-30-53-3)28-64-47(36-17-11-8-12-18-36,37-19-13-9-14-20-37)38-21-15-10-16-22-38/h8-26,40-46,48-49H,27-34H2,1-7H3/t40-,41-,42+,43-,44+,45-,46-/m0/s1. The number of sulfonamides is 1. The summed E-state index contributed by atoms with van der Waals surface area (Å²) < 4.78 is 107. The van der Waals surface area contributed by atoms with E-state index in [0.29, 0.717) is 0 Å². The van der Waals surface area contributed by atoms with E-state index in [4.69, 9.17) is 61.6 Å². The molecule has 4 aromatic rings. The fourth-order valence-electron chi connectivity index (χ4n) is 7.21. The van der Waals surface area contributed by atoms with Crippen LogP contribution < -0.4 is 4.72 Å². The minimum atomic E-state index is -4.24. The molecule has 4 rings (SSSR count). The van der Waals surface area contributed by atoms with Gasteiger partial charge in [-0.25, -0.2) is 13.1 Å². The van der Waals surface area contributed by atoms with Gasteiger partial charge in [0.1, 0.15) is 83.0 Å². The minimum Gasteiger partial charge on any atom is -0.387 e. The summed E-state index contributed by atoms with van der Waals surface area (Å²) in [6.07, 6.45) is -8.34. The van der Waals surface area contributed by atoms with Gasteiger partial charge in [0.2, 0.25) is 10.0 Å². The molecule has 0 radical (unpaired) electrons. The van der Waals surface area contributed by atoms with E-state index in [-0.39, 0.29) is 58.9 Å². The highest BCUT2D eigenvalue weighted by atomic mass is 32.2. The number of aliphatic hydroxyl groups is 1. The zero-order chi connectivity index (χ0) is 46.9. The van der Waals surface area contributed by atoms with Crippen LogP contribution in [0.3, 0.4) is 0 Å². The van der Waals surface area contributed by atoms with E-state index in [1.807, 2.05) is 97.9 Å². The highest BCUT2D eigenvalue weighted by Gasteiger charge is 2.48. The number of methoxy groups -OCH3 is 6. The summed E-state index contributed by atoms with van der Waals surface area (Å²) in [5.41, 5.74) is 2.14. The van der Waals surface area contributed by atoms with Gasteiger partial charge in [0.25, 0.3) is 0 Å². The Kier molecular flexibility index (Phi) is 24.1. The number of aliphatic hydroxyl groups excluding tert-OH is 1. The van der Waals surface area contributed by atoms with Crippen LogP contribution in [0.25, 0.3) is 0 Å². The summed E-state index contributed by atoms with van der Waals surface area (Å²) in [6, 6.07) is 34.3. The number of aryl methyl sites for hydroxylation is 1. The third-order valence-corrected chi connectivity index (χ3v) is 11.6. The second-order valence-electron chi connectivity index (χ2n) is 14.7. The molecule has 18 heteroatoms. The van der Waals surface area contributed by atoms with Crippen LogP contribution in [0.1, 0.15) is 22.3 Å². The maximum atomic E-state index is 14.0. The van der Waals surface area contributed by atoms with Gasteiger partial charge < -0.3 is 66.7 Å². The van der Waals surface area contributed by atoms with Crippen molar-refractivity contribution in [1.82, 2.24) is 4.72 Å². The molecule has 65 heavy (non-hydrogen) atoms. The average molecular weight is 932 g/mol. The average Bonchev–Trinajstić information content (AvgIpc) is 3.33. The van der Waals surface area contributed by atoms with Crippen LogP contribution in [0.4, 0.5) is 0 Å². The number of nitrogens with one attached hydrogen (secondary N) is 1. The number of hydrogen-bond acceptors (Lipinski definition) is 16. The van der Waals surface area contributed by atoms with Gasteiger partial charge in [-0.1, -0.05) is 109 Å². The normalized spacial score (nSPS) is 15.5. The molecule has 0 amide bonds. The second kappa shape index (κ2) is 29.1. The summed E-state index contributed by atoms with van der Waals surface area (Å²) in [4.78, 5) is -0.0229. The molecule has 0 aliphatic rings. The van der Waals surface area contributed by atoms with Gasteiger partial charge in [-0.05, 0) is 35.7 Å². The van der Waals surface area contributed by atoms with Crippen molar-refractivity contribution in [2.45, 2.75) is 60.1 Å². The Labute approximate surface area is 383 Å². The first-order chi connectivity index (χ1) is 31.6. The molecule has 4 aromatic carbocycles. The predicted octanol–water partition coefficient (Wildman–Crippen LogP) is 4.58. The summed E-state index contributed by atoms with van der Waals surface area (Å²) >= 11 is 0. The van der Waals surface area contributed by atoms with Crippen molar-refractivity contribution in [3.05, 3.63) is 138 Å². The quantitative estimate of drug-likeness (QED) is 0.0377. The fourth-order valence-corrected chi connectivity index (χ4v) is 8.44. The van der Waals surface area contributed by atoms with E-state index in [9.17, 15) is 13.5 Å². The molecule has 0 unspecified atom stereocenters. The highest BCUT2D eigenvalue weighted by molar-refractivity contribution is 7.89. The highest BCUT2D eigenvalue weighted by Crippen LogP contribution is 2.41. The van der Waals surface area contributed by atoms with Crippen LogP contribution in [-0.4, -0.2) is 153 Å². The number of hydrogen-bond donors (Lipinski definition) is 2. The van der Waals surface area contributed by atoms with E-state index >= 15 is 0 Å². The van der Waals surface area contributed by atoms with Gasteiger partial charge in [-0.15, -0.1) is 0 Å². The van der Waals surface area contributed by atoms with Crippen molar-refractivity contribution in [3.63, 3.8) is 0 Å². The molecule has 0 aliphatic carbocycles. The molecule has 17 nitrogen and oxygen atoms in total. The van der Waals surface area contributed by atoms with Gasteiger partial charge in [0.05, 0.1) is 24.2 Å². The largest absolute Gasteiger partial charge is 0.387 e. The van der Waals surface area contributed by atoms with Crippen molar-refractivity contribution in [2.24, 2.45) is 0 Å². The summed E-state index contributed by atoms with van der Waals surface area (Å²) in [6.45, 7) is -0.483. The molecule has 0 bridgehead atoms. The Morgan fingerprint density at radius 2 is 0.908 bits per heavy atom. The fraction of sp³-hybridized carbons (Fsp3) is 0.489. The van der Waals surface area contributed by atoms with Crippen molar-refractivity contribution >= 4 is 10.0 Å². The molecule has 0 spiro atoms. The zero-order valence-electron chi connectivity index (χ0n) is 38.1. The Hall–Kier alpha value is -3.77. The predicted molar refractivity (Wildman–Crippen MR) is 238 cm³/mol. The molecule has 0 saturated carbocycles. The SMILES string of the molecule is COCOC[C@H](NS(=O)(=O)c1ccc(C)cc1)[C@H](OCOC)[C@@H](OCOC)[C@@H](O)[C@H](OCOC)[C@H](OCOC)[C@H](COC(c1ccccc1)(c1ccccc1)c1ccccc1)OCOC. The number of rotatable bonds is 34. The molecule has 7 atom stereocenters. The lowest BCUT2D eigenvalue weighted by Gasteiger charge is -2.42. The van der Waals surface area contributed by atoms with Gasteiger partial charge in [0.15, 0.2) is 0 Å².